The van der Waals surface area contributed by atoms with E-state index in [9.17, 15) is 5.11 Å². The predicted octanol–water partition coefficient (Wildman–Crippen LogP) is 8.27. The molecule has 0 radical (unpaired) electrons. The van der Waals surface area contributed by atoms with Crippen molar-refractivity contribution in [1.29, 1.82) is 0 Å². The quantitative estimate of drug-likeness (QED) is 0.334. The maximum Gasteiger partial charge on any atom is 0.127 e. The minimum Gasteiger partial charge on any atom is -0.507 e. The second-order valence-corrected chi connectivity index (χ2v) is 11.8. The molecular weight excluding hydrogens is 392 g/mol. The van der Waals surface area contributed by atoms with Crippen LogP contribution in [0.25, 0.3) is 11.1 Å². The Morgan fingerprint density at radius 1 is 0.655 bits per heavy atom. The van der Waals surface area contributed by atoms with Crippen molar-refractivity contribution in [3.05, 3.63) is 65.7 Å². The summed E-state index contributed by atoms with van der Waals surface area (Å²) in [5.41, 5.74) is 4.18. The van der Waals surface area contributed by atoms with Crippen LogP contribution in [-0.4, -0.2) is 5.11 Å². The number of phenolic OH excluding ortho intramolecular Hbond substituents is 1. The topological polar surface area (TPSA) is 20.2 Å². The zero-order valence-corrected chi connectivity index (χ0v) is 19.6. The zero-order valence-electron chi connectivity index (χ0n) is 18.0. The lowest BCUT2D eigenvalue weighted by molar-refractivity contribution is 0.446. The lowest BCUT2D eigenvalue weighted by Crippen LogP contribution is -2.17. The monoisotopic (exact) mass is 420 g/mol. The van der Waals surface area contributed by atoms with E-state index in [4.69, 9.17) is 0 Å². The number of hydrogen-bond donors (Lipinski definition) is 1. The summed E-state index contributed by atoms with van der Waals surface area (Å²) in [5, 5.41) is 11.3. The lowest BCUT2D eigenvalue weighted by atomic mass is 9.78. The first-order valence-corrected chi connectivity index (χ1v) is 11.6. The van der Waals surface area contributed by atoms with Crippen LogP contribution in [0.4, 0.5) is 0 Å². The Balaban J connectivity index is 1.95. The van der Waals surface area contributed by atoms with Gasteiger partial charge in [-0.2, -0.15) is 0 Å². The first kappa shape index (κ1) is 20.4. The van der Waals surface area contributed by atoms with E-state index < -0.39 is 0 Å². The predicted molar refractivity (Wildman–Crippen MR) is 126 cm³/mol. The van der Waals surface area contributed by atoms with Crippen LogP contribution in [0.2, 0.25) is 0 Å². The molecule has 150 valence electrons. The van der Waals surface area contributed by atoms with Crippen molar-refractivity contribution in [2.45, 2.75) is 72.0 Å². The van der Waals surface area contributed by atoms with Crippen molar-refractivity contribution in [3.63, 3.8) is 0 Å². The van der Waals surface area contributed by atoms with Crippen LogP contribution in [-0.2, 0) is 10.8 Å². The maximum atomic E-state index is 11.3. The summed E-state index contributed by atoms with van der Waals surface area (Å²) < 4.78 is 0. The van der Waals surface area contributed by atoms with Crippen LogP contribution in [0.1, 0.15) is 52.7 Å². The number of aromatic hydroxyl groups is 1. The van der Waals surface area contributed by atoms with E-state index in [1.54, 1.807) is 0 Å². The summed E-state index contributed by atoms with van der Waals surface area (Å²) in [6.45, 7) is 13.2. The Bertz CT molecular complexity index is 1080. The van der Waals surface area contributed by atoms with Crippen molar-refractivity contribution in [2.24, 2.45) is 0 Å². The van der Waals surface area contributed by atoms with Gasteiger partial charge in [-0.25, -0.2) is 0 Å². The van der Waals surface area contributed by atoms with Gasteiger partial charge in [-0.05, 0) is 40.7 Å². The van der Waals surface area contributed by atoms with Gasteiger partial charge in [-0.1, -0.05) is 95.4 Å². The summed E-state index contributed by atoms with van der Waals surface area (Å²) in [7, 11) is 0. The summed E-state index contributed by atoms with van der Waals surface area (Å²) >= 11 is 3.62. The SMILES string of the molecule is CC(C)(C)c1cc(-c2cccc3c2Sc2ccccc2S3)c(O)c(C(C)(C)C)c1. The number of phenols is 1. The molecule has 0 aromatic heterocycles. The molecular formula is C26H28OS2. The van der Waals surface area contributed by atoms with Gasteiger partial charge in [-0.15, -0.1) is 0 Å². The summed E-state index contributed by atoms with van der Waals surface area (Å²) in [5.74, 6) is 0.406. The van der Waals surface area contributed by atoms with E-state index in [0.29, 0.717) is 5.75 Å². The smallest absolute Gasteiger partial charge is 0.127 e. The van der Waals surface area contributed by atoms with E-state index in [1.165, 1.54) is 25.1 Å². The van der Waals surface area contributed by atoms with E-state index in [0.717, 1.165) is 16.7 Å². The van der Waals surface area contributed by atoms with Crippen LogP contribution >= 0.6 is 23.5 Å². The molecule has 0 saturated carbocycles. The van der Waals surface area contributed by atoms with Gasteiger partial charge in [0, 0.05) is 36.3 Å². The van der Waals surface area contributed by atoms with Gasteiger partial charge in [0.25, 0.3) is 0 Å². The molecule has 1 nitrogen and oxygen atoms in total. The minimum absolute atomic E-state index is 0.00574. The molecule has 0 amide bonds. The van der Waals surface area contributed by atoms with Gasteiger partial charge in [-0.3, -0.25) is 0 Å². The van der Waals surface area contributed by atoms with Gasteiger partial charge < -0.3 is 5.11 Å². The van der Waals surface area contributed by atoms with Gasteiger partial charge in [0.1, 0.15) is 5.75 Å². The van der Waals surface area contributed by atoms with Crippen molar-refractivity contribution >= 4 is 23.5 Å². The first-order chi connectivity index (χ1) is 13.6. The van der Waals surface area contributed by atoms with Crippen LogP contribution in [0.3, 0.4) is 0 Å². The molecule has 1 aliphatic heterocycles. The van der Waals surface area contributed by atoms with E-state index in [1.807, 2.05) is 23.5 Å². The summed E-state index contributed by atoms with van der Waals surface area (Å²) in [6, 6.07) is 19.4. The Labute approximate surface area is 182 Å². The Hall–Kier alpha value is -1.84. The molecule has 0 atom stereocenters. The standard InChI is InChI=1S/C26H28OS2/c1-25(2,3)16-14-18(23(27)19(15-16)26(4,5)6)17-10-9-13-22-24(17)29-21-12-8-7-11-20(21)28-22/h7-15,27H,1-6H3. The average Bonchev–Trinajstić information content (AvgIpc) is 2.64. The second kappa shape index (κ2) is 7.14. The molecule has 3 heteroatoms. The summed E-state index contributed by atoms with van der Waals surface area (Å²) in [4.78, 5) is 5.06. The van der Waals surface area contributed by atoms with Gasteiger partial charge in [0.2, 0.25) is 0 Å². The maximum absolute atomic E-state index is 11.3. The molecule has 0 saturated heterocycles. The van der Waals surface area contributed by atoms with Crippen molar-refractivity contribution < 1.29 is 5.11 Å². The average molecular weight is 421 g/mol. The Morgan fingerprint density at radius 2 is 1.28 bits per heavy atom. The molecule has 1 heterocycles. The third-order valence-corrected chi connectivity index (χ3v) is 7.95. The van der Waals surface area contributed by atoms with Gasteiger partial charge in [0.15, 0.2) is 0 Å². The molecule has 0 unspecified atom stereocenters. The molecule has 0 aliphatic carbocycles. The number of hydrogen-bond acceptors (Lipinski definition) is 3. The van der Waals surface area contributed by atoms with Crippen molar-refractivity contribution in [3.8, 4) is 16.9 Å². The third kappa shape index (κ3) is 3.83. The van der Waals surface area contributed by atoms with Crippen LogP contribution < -0.4 is 0 Å². The first-order valence-electron chi connectivity index (χ1n) is 10.0. The Kier molecular flexibility index (Phi) is 5.03. The highest BCUT2D eigenvalue weighted by molar-refractivity contribution is 8.05. The zero-order chi connectivity index (χ0) is 21.0. The molecule has 3 aromatic carbocycles. The minimum atomic E-state index is -0.135. The second-order valence-electron chi connectivity index (χ2n) is 9.70. The number of rotatable bonds is 1. The highest BCUT2D eigenvalue weighted by Gasteiger charge is 2.28. The van der Waals surface area contributed by atoms with E-state index in [2.05, 4.69) is 96.1 Å². The third-order valence-electron chi connectivity index (χ3n) is 5.33. The molecule has 0 bridgehead atoms. The van der Waals surface area contributed by atoms with Crippen molar-refractivity contribution in [1.82, 2.24) is 0 Å². The van der Waals surface area contributed by atoms with Gasteiger partial charge in [0.05, 0.1) is 0 Å². The Morgan fingerprint density at radius 3 is 1.90 bits per heavy atom. The molecule has 0 fully saturated rings. The van der Waals surface area contributed by atoms with Gasteiger partial charge >= 0.3 is 0 Å². The molecule has 1 N–H and O–H groups in total. The number of fused-ring (bicyclic) bond motifs is 2. The highest BCUT2D eigenvalue weighted by atomic mass is 32.2. The normalized spacial score (nSPS) is 13.7. The van der Waals surface area contributed by atoms with Crippen LogP contribution in [0.15, 0.2) is 74.2 Å². The molecule has 29 heavy (non-hydrogen) atoms. The fourth-order valence-corrected chi connectivity index (χ4v) is 6.00. The van der Waals surface area contributed by atoms with Crippen LogP contribution in [0, 0.1) is 0 Å². The van der Waals surface area contributed by atoms with E-state index in [-0.39, 0.29) is 10.8 Å². The molecule has 4 rings (SSSR count). The van der Waals surface area contributed by atoms with Crippen LogP contribution in [0.5, 0.6) is 5.75 Å². The molecule has 0 spiro atoms. The van der Waals surface area contributed by atoms with Crippen molar-refractivity contribution in [2.75, 3.05) is 0 Å². The largest absolute Gasteiger partial charge is 0.507 e. The molecule has 1 aliphatic rings. The fraction of sp³-hybridized carbons (Fsp3) is 0.308. The fourth-order valence-electron chi connectivity index (χ4n) is 3.61. The lowest BCUT2D eigenvalue weighted by Gasteiger charge is -2.28. The highest BCUT2D eigenvalue weighted by Crippen LogP contribution is 2.53. The number of benzene rings is 3. The molecule has 3 aromatic rings. The van der Waals surface area contributed by atoms with E-state index >= 15 is 0 Å². The summed E-state index contributed by atoms with van der Waals surface area (Å²) in [6.07, 6.45) is 0.